The van der Waals surface area contributed by atoms with Gasteiger partial charge >= 0.3 is 0 Å². The second-order valence-corrected chi connectivity index (χ2v) is 8.61. The third-order valence-corrected chi connectivity index (χ3v) is 6.28. The Balaban J connectivity index is 1.44. The Labute approximate surface area is 179 Å². The number of halogens is 2. The molecule has 162 valence electrons. The highest BCUT2D eigenvalue weighted by molar-refractivity contribution is 5.70. The number of fused-ring (bicyclic) bond motifs is 2. The lowest BCUT2D eigenvalue weighted by Gasteiger charge is -2.35. The van der Waals surface area contributed by atoms with Gasteiger partial charge in [-0.2, -0.15) is 4.98 Å². The number of anilines is 3. The molecule has 8 heteroatoms. The molecule has 1 saturated heterocycles. The SMILES string of the molecule is CC(C)N1CC2(CCOCC2)c2cc(Nc3ncn(-c4cc(F)cc(F)c4)n3)ccc21. The van der Waals surface area contributed by atoms with E-state index in [0.29, 0.717) is 12.0 Å². The van der Waals surface area contributed by atoms with Crippen LogP contribution in [0.2, 0.25) is 0 Å². The first-order valence-corrected chi connectivity index (χ1v) is 10.6. The molecule has 31 heavy (non-hydrogen) atoms. The van der Waals surface area contributed by atoms with Crippen LogP contribution in [0.25, 0.3) is 5.69 Å². The Morgan fingerprint density at radius 3 is 2.52 bits per heavy atom. The van der Waals surface area contributed by atoms with Crippen LogP contribution in [0.1, 0.15) is 32.3 Å². The van der Waals surface area contributed by atoms with Crippen molar-refractivity contribution in [1.82, 2.24) is 14.8 Å². The monoisotopic (exact) mass is 425 g/mol. The van der Waals surface area contributed by atoms with E-state index in [-0.39, 0.29) is 11.1 Å². The normalized spacial score (nSPS) is 17.4. The summed E-state index contributed by atoms with van der Waals surface area (Å²) in [5.41, 5.74) is 3.87. The van der Waals surface area contributed by atoms with E-state index in [0.717, 1.165) is 44.4 Å². The van der Waals surface area contributed by atoms with Crippen LogP contribution in [0, 0.1) is 11.6 Å². The van der Waals surface area contributed by atoms with Crippen molar-refractivity contribution in [3.63, 3.8) is 0 Å². The summed E-state index contributed by atoms with van der Waals surface area (Å²) in [6.07, 6.45) is 3.44. The van der Waals surface area contributed by atoms with Crippen molar-refractivity contribution in [2.75, 3.05) is 30.0 Å². The van der Waals surface area contributed by atoms with Gasteiger partial charge < -0.3 is 15.0 Å². The van der Waals surface area contributed by atoms with Crippen molar-refractivity contribution in [1.29, 1.82) is 0 Å². The third kappa shape index (κ3) is 3.65. The number of rotatable bonds is 4. The fourth-order valence-electron chi connectivity index (χ4n) is 4.68. The molecule has 0 bridgehead atoms. The van der Waals surface area contributed by atoms with E-state index < -0.39 is 11.6 Å². The number of nitrogens with zero attached hydrogens (tertiary/aromatic N) is 4. The van der Waals surface area contributed by atoms with Gasteiger partial charge in [0, 0.05) is 48.7 Å². The minimum absolute atomic E-state index is 0.0986. The van der Waals surface area contributed by atoms with Gasteiger partial charge in [0.15, 0.2) is 0 Å². The van der Waals surface area contributed by atoms with Crippen LogP contribution in [-0.4, -0.2) is 40.6 Å². The molecular formula is C23H25F2N5O. The minimum Gasteiger partial charge on any atom is -0.381 e. The number of hydrogen-bond donors (Lipinski definition) is 1. The molecular weight excluding hydrogens is 400 g/mol. The van der Waals surface area contributed by atoms with E-state index in [2.05, 4.69) is 46.3 Å². The number of aromatic nitrogens is 3. The van der Waals surface area contributed by atoms with Gasteiger partial charge in [0.1, 0.15) is 18.0 Å². The summed E-state index contributed by atoms with van der Waals surface area (Å²) in [6.45, 7) is 7.00. The van der Waals surface area contributed by atoms with Crippen LogP contribution < -0.4 is 10.2 Å². The molecule has 0 radical (unpaired) electrons. The summed E-state index contributed by atoms with van der Waals surface area (Å²) in [7, 11) is 0. The zero-order valence-corrected chi connectivity index (χ0v) is 17.6. The maximum Gasteiger partial charge on any atom is 0.246 e. The van der Waals surface area contributed by atoms with Gasteiger partial charge in [-0.05, 0) is 62.6 Å². The zero-order chi connectivity index (χ0) is 21.6. The van der Waals surface area contributed by atoms with E-state index in [1.807, 2.05) is 6.07 Å². The molecule has 6 nitrogen and oxygen atoms in total. The smallest absolute Gasteiger partial charge is 0.246 e. The van der Waals surface area contributed by atoms with Crippen molar-refractivity contribution in [2.45, 2.75) is 38.1 Å². The lowest BCUT2D eigenvalue weighted by Crippen LogP contribution is -2.40. The van der Waals surface area contributed by atoms with Gasteiger partial charge in [0.05, 0.1) is 5.69 Å². The van der Waals surface area contributed by atoms with Gasteiger partial charge in [0.25, 0.3) is 0 Å². The predicted molar refractivity (Wildman–Crippen MR) is 115 cm³/mol. The first-order chi connectivity index (χ1) is 14.9. The molecule has 3 heterocycles. The van der Waals surface area contributed by atoms with E-state index in [9.17, 15) is 8.78 Å². The molecule has 1 N–H and O–H groups in total. The molecule has 2 aromatic carbocycles. The maximum atomic E-state index is 13.5. The Hall–Kier alpha value is -3.00. The Morgan fingerprint density at radius 1 is 1.06 bits per heavy atom. The van der Waals surface area contributed by atoms with Gasteiger partial charge in [0.2, 0.25) is 5.95 Å². The highest BCUT2D eigenvalue weighted by Crippen LogP contribution is 2.48. The standard InChI is InChI=1S/C23H25F2N5O/c1-15(2)29-13-23(5-7-31-8-6-23)20-12-18(3-4-21(20)29)27-22-26-14-30(28-22)19-10-16(24)9-17(25)11-19/h3-4,9-12,14-15H,5-8,13H2,1-2H3,(H,27,28). The summed E-state index contributed by atoms with van der Waals surface area (Å²) in [5, 5.41) is 7.57. The van der Waals surface area contributed by atoms with Crippen LogP contribution in [-0.2, 0) is 10.2 Å². The van der Waals surface area contributed by atoms with Crippen LogP contribution in [0.4, 0.5) is 26.1 Å². The van der Waals surface area contributed by atoms with Crippen molar-refractivity contribution >= 4 is 17.3 Å². The van der Waals surface area contributed by atoms with E-state index in [1.54, 1.807) is 0 Å². The van der Waals surface area contributed by atoms with Crippen molar-refractivity contribution in [3.05, 3.63) is 59.9 Å². The lowest BCUT2D eigenvalue weighted by atomic mass is 9.76. The zero-order valence-electron chi connectivity index (χ0n) is 17.6. The summed E-state index contributed by atoms with van der Waals surface area (Å²) in [5.74, 6) is -0.949. The van der Waals surface area contributed by atoms with E-state index in [1.165, 1.54) is 34.4 Å². The Bertz CT molecular complexity index is 1090. The quantitative estimate of drug-likeness (QED) is 0.664. The minimum atomic E-state index is -0.657. The second-order valence-electron chi connectivity index (χ2n) is 8.61. The van der Waals surface area contributed by atoms with E-state index in [4.69, 9.17) is 4.74 Å². The average Bonchev–Trinajstić information content (AvgIpc) is 3.32. The fourth-order valence-corrected chi connectivity index (χ4v) is 4.68. The number of nitrogens with one attached hydrogen (secondary N) is 1. The first-order valence-electron chi connectivity index (χ1n) is 10.6. The molecule has 0 aliphatic carbocycles. The maximum absolute atomic E-state index is 13.5. The van der Waals surface area contributed by atoms with Crippen molar-refractivity contribution in [3.8, 4) is 5.69 Å². The van der Waals surface area contributed by atoms with Crippen molar-refractivity contribution in [2.24, 2.45) is 0 Å². The molecule has 0 atom stereocenters. The third-order valence-electron chi connectivity index (χ3n) is 6.28. The summed E-state index contributed by atoms with van der Waals surface area (Å²) in [6, 6.07) is 10.0. The highest BCUT2D eigenvalue weighted by Gasteiger charge is 2.44. The molecule has 3 aromatic rings. The molecule has 5 rings (SSSR count). The molecule has 0 amide bonds. The summed E-state index contributed by atoms with van der Waals surface area (Å²) < 4.78 is 34.0. The number of benzene rings is 2. The molecule has 1 aromatic heterocycles. The summed E-state index contributed by atoms with van der Waals surface area (Å²) >= 11 is 0. The number of ether oxygens (including phenoxy) is 1. The Morgan fingerprint density at radius 2 is 1.81 bits per heavy atom. The predicted octanol–water partition coefficient (Wildman–Crippen LogP) is 4.57. The molecule has 1 fully saturated rings. The lowest BCUT2D eigenvalue weighted by molar-refractivity contribution is 0.0551. The summed E-state index contributed by atoms with van der Waals surface area (Å²) in [4.78, 5) is 6.72. The van der Waals surface area contributed by atoms with Gasteiger partial charge in [-0.3, -0.25) is 0 Å². The first kappa shape index (κ1) is 19.9. The second kappa shape index (κ2) is 7.60. The Kier molecular flexibility index (Phi) is 4.89. The molecule has 2 aliphatic heterocycles. The largest absolute Gasteiger partial charge is 0.381 e. The molecule has 1 spiro atoms. The van der Waals surface area contributed by atoms with E-state index >= 15 is 0 Å². The van der Waals surface area contributed by atoms with Gasteiger partial charge in [-0.15, -0.1) is 5.10 Å². The van der Waals surface area contributed by atoms with Crippen molar-refractivity contribution < 1.29 is 13.5 Å². The van der Waals surface area contributed by atoms with Crippen LogP contribution in [0.15, 0.2) is 42.7 Å². The van der Waals surface area contributed by atoms with Crippen LogP contribution in [0.5, 0.6) is 0 Å². The fraction of sp³-hybridized carbons (Fsp3) is 0.391. The average molecular weight is 425 g/mol. The number of hydrogen-bond acceptors (Lipinski definition) is 5. The van der Waals surface area contributed by atoms with Crippen LogP contribution >= 0.6 is 0 Å². The van der Waals surface area contributed by atoms with Gasteiger partial charge in [-0.1, -0.05) is 0 Å². The van der Waals surface area contributed by atoms with Gasteiger partial charge in [-0.25, -0.2) is 13.5 Å². The van der Waals surface area contributed by atoms with Crippen LogP contribution in [0.3, 0.4) is 0 Å². The molecule has 0 unspecified atom stereocenters. The molecule has 2 aliphatic rings. The highest BCUT2D eigenvalue weighted by atomic mass is 19.1. The molecule has 0 saturated carbocycles. The topological polar surface area (TPSA) is 55.2 Å².